The summed E-state index contributed by atoms with van der Waals surface area (Å²) in [6.07, 6.45) is 0. The highest BCUT2D eigenvalue weighted by Crippen LogP contribution is 2.22. The highest BCUT2D eigenvalue weighted by atomic mass is 35.5. The molecule has 0 fully saturated rings. The molecule has 1 aromatic heterocycles. The zero-order valence-electron chi connectivity index (χ0n) is 15.0. The fourth-order valence-electron chi connectivity index (χ4n) is 2.29. The first-order valence-electron chi connectivity index (χ1n) is 8.35. The van der Waals surface area contributed by atoms with Gasteiger partial charge < -0.3 is 15.0 Å². The molecule has 0 bridgehead atoms. The Morgan fingerprint density at radius 3 is 2.58 bits per heavy atom. The molecular formula is C18H22ClN3O3S. The zero-order valence-corrected chi connectivity index (χ0v) is 16.6. The van der Waals surface area contributed by atoms with Crippen LogP contribution in [0.4, 0.5) is 0 Å². The molecule has 6 nitrogen and oxygen atoms in total. The molecule has 0 aliphatic rings. The quantitative estimate of drug-likeness (QED) is 0.744. The van der Waals surface area contributed by atoms with Gasteiger partial charge >= 0.3 is 0 Å². The molecule has 0 aliphatic heterocycles. The van der Waals surface area contributed by atoms with Gasteiger partial charge in [-0.25, -0.2) is 4.98 Å². The molecule has 0 atom stereocenters. The van der Waals surface area contributed by atoms with E-state index < -0.39 is 0 Å². The van der Waals surface area contributed by atoms with E-state index in [4.69, 9.17) is 16.3 Å². The van der Waals surface area contributed by atoms with Crippen LogP contribution in [0.25, 0.3) is 0 Å². The fourth-order valence-corrected chi connectivity index (χ4v) is 3.36. The van der Waals surface area contributed by atoms with Crippen molar-refractivity contribution in [3.63, 3.8) is 0 Å². The molecule has 1 N–H and O–H groups in total. The van der Waals surface area contributed by atoms with Gasteiger partial charge in [-0.15, -0.1) is 11.3 Å². The van der Waals surface area contributed by atoms with Crippen LogP contribution in [0.5, 0.6) is 5.75 Å². The molecule has 0 unspecified atom stereocenters. The number of hydrogen-bond acceptors (Lipinski definition) is 5. The van der Waals surface area contributed by atoms with E-state index in [1.165, 1.54) is 16.2 Å². The van der Waals surface area contributed by atoms with Crippen molar-refractivity contribution in [2.75, 3.05) is 19.6 Å². The number of carbonyl (C=O) groups is 2. The Morgan fingerprint density at radius 2 is 1.96 bits per heavy atom. The number of carbonyl (C=O) groups excluding carboxylic acids is 2. The van der Waals surface area contributed by atoms with Crippen LogP contribution in [0, 0.1) is 6.92 Å². The average Bonchev–Trinajstić information content (AvgIpc) is 2.99. The predicted molar refractivity (Wildman–Crippen MR) is 103 cm³/mol. The van der Waals surface area contributed by atoms with Gasteiger partial charge in [0.25, 0.3) is 5.91 Å². The summed E-state index contributed by atoms with van der Waals surface area (Å²) in [7, 11) is 0. The molecule has 140 valence electrons. The molecule has 1 heterocycles. The minimum absolute atomic E-state index is 0.0388. The lowest BCUT2D eigenvalue weighted by Gasteiger charge is -2.19. The standard InChI is InChI=1S/C18H22ClN3O3S/c1-4-20-15(23)10-22(5-2)18(24)17-12(3)21-16(26-17)11-25-14-8-6-13(19)7-9-14/h6-9H,4-5,10-11H2,1-3H3,(H,20,23). The third kappa shape index (κ3) is 5.44. The highest BCUT2D eigenvalue weighted by molar-refractivity contribution is 7.13. The summed E-state index contributed by atoms with van der Waals surface area (Å²) in [6, 6.07) is 7.05. The molecular weight excluding hydrogens is 374 g/mol. The number of benzene rings is 1. The maximum absolute atomic E-state index is 12.7. The maximum atomic E-state index is 12.7. The fraction of sp³-hybridized carbons (Fsp3) is 0.389. The van der Waals surface area contributed by atoms with Crippen molar-refractivity contribution < 1.29 is 14.3 Å². The van der Waals surface area contributed by atoms with E-state index >= 15 is 0 Å². The van der Waals surface area contributed by atoms with Gasteiger partial charge in [-0.1, -0.05) is 11.6 Å². The van der Waals surface area contributed by atoms with Gasteiger partial charge in [0, 0.05) is 18.1 Å². The van der Waals surface area contributed by atoms with Crippen LogP contribution in [0.3, 0.4) is 0 Å². The van der Waals surface area contributed by atoms with Gasteiger partial charge in [-0.3, -0.25) is 9.59 Å². The van der Waals surface area contributed by atoms with Crippen LogP contribution in [0.15, 0.2) is 24.3 Å². The lowest BCUT2D eigenvalue weighted by atomic mass is 10.3. The zero-order chi connectivity index (χ0) is 19.1. The van der Waals surface area contributed by atoms with Gasteiger partial charge in [0.15, 0.2) is 0 Å². The van der Waals surface area contributed by atoms with Crippen molar-refractivity contribution in [2.24, 2.45) is 0 Å². The molecule has 0 aliphatic carbocycles. The summed E-state index contributed by atoms with van der Waals surface area (Å²) < 4.78 is 5.68. The van der Waals surface area contributed by atoms with E-state index in [1.807, 2.05) is 13.8 Å². The molecule has 0 saturated heterocycles. The van der Waals surface area contributed by atoms with Gasteiger partial charge in [-0.2, -0.15) is 0 Å². The molecule has 1 aromatic carbocycles. The maximum Gasteiger partial charge on any atom is 0.266 e. The van der Waals surface area contributed by atoms with Crippen molar-refractivity contribution >= 4 is 34.8 Å². The predicted octanol–water partition coefficient (Wildman–Crippen LogP) is 3.28. The summed E-state index contributed by atoms with van der Waals surface area (Å²) in [5, 5.41) is 4.05. The number of aryl methyl sites for hydroxylation is 1. The topological polar surface area (TPSA) is 71.5 Å². The largest absolute Gasteiger partial charge is 0.486 e. The van der Waals surface area contributed by atoms with Crippen molar-refractivity contribution in [2.45, 2.75) is 27.4 Å². The summed E-state index contributed by atoms with van der Waals surface area (Å²) >= 11 is 7.14. The van der Waals surface area contributed by atoms with Crippen molar-refractivity contribution in [1.82, 2.24) is 15.2 Å². The first-order chi connectivity index (χ1) is 12.4. The minimum Gasteiger partial charge on any atom is -0.486 e. The van der Waals surface area contributed by atoms with E-state index in [1.54, 1.807) is 31.2 Å². The second-order valence-electron chi connectivity index (χ2n) is 5.54. The molecule has 2 amide bonds. The van der Waals surface area contributed by atoms with Gasteiger partial charge in [0.2, 0.25) is 5.91 Å². The van der Waals surface area contributed by atoms with E-state index in [0.29, 0.717) is 39.4 Å². The molecule has 26 heavy (non-hydrogen) atoms. The van der Waals surface area contributed by atoms with E-state index in [-0.39, 0.29) is 25.0 Å². The van der Waals surface area contributed by atoms with Crippen LogP contribution in [-0.2, 0) is 11.4 Å². The third-order valence-electron chi connectivity index (χ3n) is 3.59. The lowest BCUT2D eigenvalue weighted by Crippen LogP contribution is -2.40. The number of aromatic nitrogens is 1. The normalized spacial score (nSPS) is 10.5. The number of amides is 2. The van der Waals surface area contributed by atoms with E-state index in [0.717, 1.165) is 0 Å². The number of rotatable bonds is 8. The van der Waals surface area contributed by atoms with Crippen LogP contribution >= 0.6 is 22.9 Å². The van der Waals surface area contributed by atoms with Crippen molar-refractivity contribution in [3.8, 4) is 5.75 Å². The molecule has 0 saturated carbocycles. The lowest BCUT2D eigenvalue weighted by molar-refractivity contribution is -0.121. The number of halogens is 1. The van der Waals surface area contributed by atoms with Crippen LogP contribution < -0.4 is 10.1 Å². The number of likely N-dealkylation sites (N-methyl/N-ethyl adjacent to an activating group) is 2. The van der Waals surface area contributed by atoms with Crippen LogP contribution in [0.1, 0.15) is 34.2 Å². The summed E-state index contributed by atoms with van der Waals surface area (Å²) in [5.74, 6) is 0.323. The average molecular weight is 396 g/mol. The number of nitrogens with zero attached hydrogens (tertiary/aromatic N) is 2. The number of ether oxygens (including phenoxy) is 1. The Morgan fingerprint density at radius 1 is 1.27 bits per heavy atom. The highest BCUT2D eigenvalue weighted by Gasteiger charge is 2.22. The Balaban J connectivity index is 2.04. The van der Waals surface area contributed by atoms with E-state index in [9.17, 15) is 9.59 Å². The Kier molecular flexibility index (Phi) is 7.41. The van der Waals surface area contributed by atoms with E-state index in [2.05, 4.69) is 10.3 Å². The van der Waals surface area contributed by atoms with Crippen molar-refractivity contribution in [1.29, 1.82) is 0 Å². The Hall–Kier alpha value is -2.12. The second kappa shape index (κ2) is 9.54. The number of thiazole rings is 1. The molecule has 0 spiro atoms. The van der Waals surface area contributed by atoms with Gasteiger partial charge in [0.05, 0.1) is 12.2 Å². The summed E-state index contributed by atoms with van der Waals surface area (Å²) in [5.41, 5.74) is 0.643. The van der Waals surface area contributed by atoms with Gasteiger partial charge in [0.1, 0.15) is 22.2 Å². The first kappa shape index (κ1) is 20.2. The van der Waals surface area contributed by atoms with Gasteiger partial charge in [-0.05, 0) is 45.0 Å². The smallest absolute Gasteiger partial charge is 0.266 e. The molecule has 0 radical (unpaired) electrons. The minimum atomic E-state index is -0.188. The Bertz CT molecular complexity index is 762. The first-order valence-corrected chi connectivity index (χ1v) is 9.54. The summed E-state index contributed by atoms with van der Waals surface area (Å²) in [4.78, 5) is 31.0. The molecule has 2 rings (SSSR count). The molecule has 8 heteroatoms. The monoisotopic (exact) mass is 395 g/mol. The number of nitrogens with one attached hydrogen (secondary N) is 1. The SMILES string of the molecule is CCNC(=O)CN(CC)C(=O)c1sc(COc2ccc(Cl)cc2)nc1C. The second-order valence-corrected chi connectivity index (χ2v) is 7.06. The Labute approximate surface area is 162 Å². The number of hydrogen-bond donors (Lipinski definition) is 1. The van der Waals surface area contributed by atoms with Crippen LogP contribution in [0.2, 0.25) is 5.02 Å². The third-order valence-corrected chi connectivity index (χ3v) is 4.96. The van der Waals surface area contributed by atoms with Crippen molar-refractivity contribution in [3.05, 3.63) is 44.9 Å². The molecule has 2 aromatic rings. The summed E-state index contributed by atoms with van der Waals surface area (Å²) in [6.45, 7) is 6.77. The van der Waals surface area contributed by atoms with Crippen LogP contribution in [-0.4, -0.2) is 41.3 Å².